The quantitative estimate of drug-likeness (QED) is 0.0222. The van der Waals surface area contributed by atoms with Gasteiger partial charge in [-0.15, -0.1) is 0 Å². The molecule has 0 aliphatic rings. The van der Waals surface area contributed by atoms with Crippen LogP contribution in [0.4, 0.5) is 0 Å². The fourth-order valence-electron chi connectivity index (χ4n) is 12.4. The van der Waals surface area contributed by atoms with Crippen LogP contribution in [0.2, 0.25) is 0 Å². The van der Waals surface area contributed by atoms with E-state index in [2.05, 4.69) is 34.6 Å². The monoisotopic (exact) mass is 1450 g/mol. The topological polar surface area (TPSA) is 237 Å². The summed E-state index contributed by atoms with van der Waals surface area (Å²) in [5.74, 6) is -1.31. The van der Waals surface area contributed by atoms with E-state index in [4.69, 9.17) is 37.0 Å². The SMILES string of the molecule is CCCCCCCCCCCCCCCCCCCCCC(=O)O[C@H](COC(=O)CCCCCCCCCCCCCCCCCC(C)C)COP(=O)(O)OC[C@@H](O)COP(=O)(O)OC[C@@H](COC(=O)CCCCCCCCC)OC(=O)CCCCCCCCCCCCCCCCC. The molecule has 0 aromatic rings. The third kappa shape index (κ3) is 74.1. The van der Waals surface area contributed by atoms with Crippen LogP contribution in [-0.2, 0) is 65.4 Å². The fraction of sp³-hybridized carbons (Fsp3) is 0.950. The van der Waals surface area contributed by atoms with E-state index in [1.165, 1.54) is 238 Å². The molecule has 588 valence electrons. The average Bonchev–Trinajstić information content (AvgIpc) is 1.14. The van der Waals surface area contributed by atoms with Crippen LogP contribution in [0.3, 0.4) is 0 Å². The second kappa shape index (κ2) is 73.0. The molecule has 0 fully saturated rings. The van der Waals surface area contributed by atoms with Crippen molar-refractivity contribution in [2.75, 3.05) is 39.6 Å². The van der Waals surface area contributed by atoms with E-state index in [0.29, 0.717) is 25.7 Å². The maximum Gasteiger partial charge on any atom is 0.472 e. The minimum Gasteiger partial charge on any atom is -0.462 e. The average molecular weight is 1450 g/mol. The summed E-state index contributed by atoms with van der Waals surface area (Å²) < 4.78 is 68.6. The molecule has 0 aromatic heterocycles. The number of phosphoric acid groups is 2. The van der Waals surface area contributed by atoms with Gasteiger partial charge in [-0.25, -0.2) is 9.13 Å². The van der Waals surface area contributed by atoms with Gasteiger partial charge in [0, 0.05) is 25.7 Å². The number of esters is 4. The van der Waals surface area contributed by atoms with Crippen LogP contribution >= 0.6 is 15.6 Å². The van der Waals surface area contributed by atoms with Crippen molar-refractivity contribution in [3.05, 3.63) is 0 Å². The van der Waals surface area contributed by atoms with Gasteiger partial charge in [0.05, 0.1) is 26.4 Å². The van der Waals surface area contributed by atoms with E-state index in [1.807, 2.05) is 0 Å². The smallest absolute Gasteiger partial charge is 0.462 e. The van der Waals surface area contributed by atoms with Crippen LogP contribution in [0, 0.1) is 5.92 Å². The number of ether oxygens (including phenoxy) is 4. The number of rotatable bonds is 80. The van der Waals surface area contributed by atoms with E-state index < -0.39 is 97.5 Å². The van der Waals surface area contributed by atoms with Crippen molar-refractivity contribution in [3.8, 4) is 0 Å². The fourth-order valence-corrected chi connectivity index (χ4v) is 14.0. The zero-order valence-electron chi connectivity index (χ0n) is 64.6. The molecule has 0 aliphatic carbocycles. The zero-order valence-corrected chi connectivity index (χ0v) is 66.4. The second-order valence-electron chi connectivity index (χ2n) is 29.3. The molecule has 0 saturated heterocycles. The predicted octanol–water partition coefficient (Wildman–Crippen LogP) is 24.0. The largest absolute Gasteiger partial charge is 0.472 e. The van der Waals surface area contributed by atoms with Crippen LogP contribution in [0.1, 0.15) is 426 Å². The lowest BCUT2D eigenvalue weighted by atomic mass is 10.0. The normalized spacial score (nSPS) is 13.9. The highest BCUT2D eigenvalue weighted by Gasteiger charge is 2.30. The van der Waals surface area contributed by atoms with E-state index in [0.717, 1.165) is 109 Å². The van der Waals surface area contributed by atoms with E-state index in [9.17, 15) is 43.2 Å². The van der Waals surface area contributed by atoms with E-state index >= 15 is 0 Å². The van der Waals surface area contributed by atoms with Gasteiger partial charge >= 0.3 is 39.5 Å². The molecule has 0 saturated carbocycles. The molecule has 0 rings (SSSR count). The second-order valence-corrected chi connectivity index (χ2v) is 32.2. The van der Waals surface area contributed by atoms with Crippen molar-refractivity contribution in [2.24, 2.45) is 5.92 Å². The summed E-state index contributed by atoms with van der Waals surface area (Å²) in [6.07, 6.45) is 64.0. The predicted molar refractivity (Wildman–Crippen MR) is 405 cm³/mol. The maximum atomic E-state index is 13.1. The van der Waals surface area contributed by atoms with Gasteiger partial charge in [-0.1, -0.05) is 375 Å². The highest BCUT2D eigenvalue weighted by Crippen LogP contribution is 2.45. The minimum absolute atomic E-state index is 0.108. The number of aliphatic hydroxyl groups excluding tert-OH is 1. The first-order valence-electron chi connectivity index (χ1n) is 41.6. The van der Waals surface area contributed by atoms with Gasteiger partial charge in [0.1, 0.15) is 19.3 Å². The molecule has 0 heterocycles. The molecule has 17 nitrogen and oxygen atoms in total. The number of carbonyl (C=O) groups excluding carboxylic acids is 4. The lowest BCUT2D eigenvalue weighted by molar-refractivity contribution is -0.161. The number of aliphatic hydroxyl groups is 1. The van der Waals surface area contributed by atoms with E-state index in [-0.39, 0.29) is 25.7 Å². The summed E-state index contributed by atoms with van der Waals surface area (Å²) in [4.78, 5) is 72.8. The van der Waals surface area contributed by atoms with Crippen LogP contribution in [0.25, 0.3) is 0 Å². The molecule has 0 spiro atoms. The lowest BCUT2D eigenvalue weighted by Crippen LogP contribution is -2.30. The summed E-state index contributed by atoms with van der Waals surface area (Å²) in [7, 11) is -9.91. The van der Waals surface area contributed by atoms with Gasteiger partial charge in [-0.2, -0.15) is 0 Å². The highest BCUT2D eigenvalue weighted by atomic mass is 31.2. The van der Waals surface area contributed by atoms with Crippen molar-refractivity contribution in [2.45, 2.75) is 445 Å². The molecule has 99 heavy (non-hydrogen) atoms. The van der Waals surface area contributed by atoms with Gasteiger partial charge in [-0.05, 0) is 31.6 Å². The van der Waals surface area contributed by atoms with Gasteiger partial charge < -0.3 is 33.8 Å². The molecule has 0 amide bonds. The summed E-state index contributed by atoms with van der Waals surface area (Å²) >= 11 is 0. The van der Waals surface area contributed by atoms with Gasteiger partial charge in [0.25, 0.3) is 0 Å². The Labute approximate surface area is 607 Å². The molecule has 0 radical (unpaired) electrons. The Kier molecular flexibility index (Phi) is 71.6. The summed E-state index contributed by atoms with van der Waals surface area (Å²) in [5, 5.41) is 10.6. The van der Waals surface area contributed by atoms with Gasteiger partial charge in [0.2, 0.25) is 0 Å². The molecule has 0 aliphatic heterocycles. The van der Waals surface area contributed by atoms with Crippen LogP contribution in [0.5, 0.6) is 0 Å². The molecule has 19 heteroatoms. The Hall–Kier alpha value is -1.94. The molecular formula is C80H156O17P2. The van der Waals surface area contributed by atoms with Crippen LogP contribution < -0.4 is 0 Å². The Morgan fingerprint density at radius 1 is 0.273 bits per heavy atom. The number of unbranched alkanes of at least 4 members (excludes halogenated alkanes) is 52. The first-order valence-corrected chi connectivity index (χ1v) is 44.6. The highest BCUT2D eigenvalue weighted by molar-refractivity contribution is 7.47. The summed E-state index contributed by atoms with van der Waals surface area (Å²) in [6, 6.07) is 0. The van der Waals surface area contributed by atoms with Gasteiger partial charge in [-0.3, -0.25) is 37.3 Å². The Balaban J connectivity index is 5.18. The standard InChI is InChI=1S/C80H156O17P2/c1-6-9-12-15-18-20-22-24-26-27-28-29-33-38-42-46-51-56-61-66-80(85)97-76(70-91-78(83)64-59-54-49-44-40-36-34-30-32-35-39-43-48-52-57-62-73(4)5)72-95-99(88,89)93-68-74(81)67-92-98(86,87)94-71-75(69-90-77(82)63-58-53-47-17-14-11-8-3)96-79(84)65-60-55-50-45-41-37-31-25-23-21-19-16-13-10-7-2/h73-76,81H,6-72H2,1-5H3,(H,86,87)(H,88,89)/t74-,75+,76+/m0/s1. The molecule has 0 aromatic carbocycles. The number of hydrogen-bond acceptors (Lipinski definition) is 15. The first kappa shape index (κ1) is 97.1. The Morgan fingerprint density at radius 3 is 0.687 bits per heavy atom. The molecule has 2 unspecified atom stereocenters. The Morgan fingerprint density at radius 2 is 0.465 bits per heavy atom. The van der Waals surface area contributed by atoms with Crippen molar-refractivity contribution in [1.29, 1.82) is 0 Å². The summed E-state index contributed by atoms with van der Waals surface area (Å²) in [5.41, 5.74) is 0. The third-order valence-electron chi connectivity index (χ3n) is 18.8. The molecule has 5 atom stereocenters. The molecule has 0 bridgehead atoms. The van der Waals surface area contributed by atoms with E-state index in [1.54, 1.807) is 0 Å². The number of carbonyl (C=O) groups is 4. The third-order valence-corrected chi connectivity index (χ3v) is 20.7. The zero-order chi connectivity index (χ0) is 72.7. The Bertz CT molecular complexity index is 1890. The number of hydrogen-bond donors (Lipinski definition) is 3. The number of phosphoric ester groups is 2. The van der Waals surface area contributed by atoms with Gasteiger partial charge in [0.15, 0.2) is 12.2 Å². The summed E-state index contributed by atoms with van der Waals surface area (Å²) in [6.45, 7) is 7.32. The van der Waals surface area contributed by atoms with Crippen molar-refractivity contribution >= 4 is 39.5 Å². The van der Waals surface area contributed by atoms with Crippen molar-refractivity contribution in [1.82, 2.24) is 0 Å². The molecule has 3 N–H and O–H groups in total. The minimum atomic E-state index is -4.96. The van der Waals surface area contributed by atoms with Crippen molar-refractivity contribution < 1.29 is 80.2 Å². The lowest BCUT2D eigenvalue weighted by Gasteiger charge is -2.21. The first-order chi connectivity index (χ1) is 48.0. The van der Waals surface area contributed by atoms with Crippen LogP contribution in [-0.4, -0.2) is 96.7 Å². The van der Waals surface area contributed by atoms with Crippen molar-refractivity contribution in [3.63, 3.8) is 0 Å². The van der Waals surface area contributed by atoms with Crippen LogP contribution in [0.15, 0.2) is 0 Å². The maximum absolute atomic E-state index is 13.1. The molecular weight excluding hydrogens is 1290 g/mol.